The topological polar surface area (TPSA) is 270 Å². The number of aliphatic carboxylic acids is 1. The van der Waals surface area contributed by atoms with Crippen LogP contribution >= 0.6 is 0 Å². The second-order valence-corrected chi connectivity index (χ2v) is 15.8. The number of carbonyl (C=O) groups is 6. The van der Waals surface area contributed by atoms with E-state index in [1.165, 1.54) is 51.4 Å². The molecule has 0 aromatic carbocycles. The number of rotatable bonds is 47. The van der Waals surface area contributed by atoms with Crippen molar-refractivity contribution in [2.45, 2.75) is 166 Å². The normalized spacial score (nSPS) is 12.2. The number of H-pyrrole nitrogens is 1. The molecule has 0 saturated heterocycles. The third kappa shape index (κ3) is 35.3. The number of hydrogen-bond donors (Lipinski definition) is 6. The van der Waals surface area contributed by atoms with Crippen LogP contribution in [-0.4, -0.2) is 151 Å². The van der Waals surface area contributed by atoms with Crippen LogP contribution in [0.5, 0.6) is 0 Å². The number of nitrogens with zero attached hydrogens (tertiary/aromatic N) is 3. The molecular weight excluding hydrogens is 819 g/mol. The van der Waals surface area contributed by atoms with Crippen LogP contribution in [0, 0.1) is 0 Å². The number of carboxylic acid groups (broad SMARTS) is 1. The molecule has 0 aliphatic rings. The lowest BCUT2D eigenvalue weighted by Gasteiger charge is -2.14. The van der Waals surface area contributed by atoms with Gasteiger partial charge in [-0.3, -0.25) is 24.0 Å². The van der Waals surface area contributed by atoms with Crippen LogP contribution in [0.3, 0.4) is 0 Å². The highest BCUT2D eigenvalue weighted by Gasteiger charge is 2.21. The predicted molar refractivity (Wildman–Crippen MR) is 237 cm³/mol. The van der Waals surface area contributed by atoms with Crippen molar-refractivity contribution in [3.05, 3.63) is 5.82 Å². The molecule has 1 heterocycles. The summed E-state index contributed by atoms with van der Waals surface area (Å²) in [5, 5.41) is 40.7. The van der Waals surface area contributed by atoms with Crippen molar-refractivity contribution in [2.75, 3.05) is 73.1 Å². The molecule has 0 spiro atoms. The lowest BCUT2D eigenvalue weighted by molar-refractivity contribution is -0.142. The number of aliphatic hydroxyl groups is 1. The molecule has 63 heavy (non-hydrogen) atoms. The number of nitrogens with one attached hydrogen (secondary N) is 4. The first-order chi connectivity index (χ1) is 30.7. The summed E-state index contributed by atoms with van der Waals surface area (Å²) < 4.78 is 21.6. The summed E-state index contributed by atoms with van der Waals surface area (Å²) in [4.78, 5) is 71.8. The number of aliphatic hydroxyl groups excluding tert-OH is 1. The van der Waals surface area contributed by atoms with E-state index in [1.807, 2.05) is 0 Å². The monoisotopic (exact) mass is 900 g/mol. The number of likely N-dealkylation sites (N-methyl/N-ethyl adjacent to an activating group) is 1. The van der Waals surface area contributed by atoms with Crippen LogP contribution in [0.1, 0.15) is 155 Å². The van der Waals surface area contributed by atoms with Crippen molar-refractivity contribution in [1.82, 2.24) is 36.6 Å². The van der Waals surface area contributed by atoms with Gasteiger partial charge < -0.3 is 45.1 Å². The summed E-state index contributed by atoms with van der Waals surface area (Å²) in [7, 11) is 1.67. The van der Waals surface area contributed by atoms with Crippen molar-refractivity contribution in [3.63, 3.8) is 0 Å². The molecule has 1 aromatic rings. The molecule has 19 nitrogen and oxygen atoms in total. The van der Waals surface area contributed by atoms with Gasteiger partial charge in [0.05, 0.1) is 32.5 Å². The van der Waals surface area contributed by atoms with Gasteiger partial charge in [0.1, 0.15) is 31.6 Å². The number of tetrazole rings is 1. The number of carboxylic acids is 1. The number of carbonyl (C=O) groups excluding carboxylic acids is 5. The molecule has 0 aliphatic carbocycles. The van der Waals surface area contributed by atoms with E-state index in [9.17, 15) is 33.9 Å². The maximum absolute atomic E-state index is 12.4. The average molecular weight is 900 g/mol. The minimum atomic E-state index is -1.15. The molecule has 364 valence electrons. The Morgan fingerprint density at radius 2 is 1.17 bits per heavy atom. The van der Waals surface area contributed by atoms with E-state index < -0.39 is 18.6 Å². The molecule has 6 N–H and O–H groups in total. The zero-order valence-corrected chi connectivity index (χ0v) is 38.0. The molecule has 0 radical (unpaired) electrons. The highest BCUT2D eigenvalue weighted by atomic mass is 16.5. The smallest absolute Gasteiger partial charge is 0.326 e. The van der Waals surface area contributed by atoms with Gasteiger partial charge in [0.2, 0.25) is 11.8 Å². The fourth-order valence-corrected chi connectivity index (χ4v) is 6.69. The van der Waals surface area contributed by atoms with E-state index in [1.54, 1.807) is 7.05 Å². The summed E-state index contributed by atoms with van der Waals surface area (Å²) in [5.74, 6) is -1.29. The second-order valence-electron chi connectivity index (χ2n) is 15.8. The molecule has 0 aliphatic heterocycles. The Morgan fingerprint density at radius 3 is 1.75 bits per heavy atom. The van der Waals surface area contributed by atoms with Crippen LogP contribution < -0.4 is 16.0 Å². The fraction of sp³-hybridized carbons (Fsp3) is 0.841. The molecule has 0 unspecified atom stereocenters. The molecule has 2 atom stereocenters. The van der Waals surface area contributed by atoms with Gasteiger partial charge in [-0.05, 0) is 58.4 Å². The molecule has 2 amide bonds. The van der Waals surface area contributed by atoms with Crippen molar-refractivity contribution in [1.29, 1.82) is 0 Å². The molecular formula is C44H81N7O12. The highest BCUT2D eigenvalue weighted by molar-refractivity contribution is 5.85. The highest BCUT2D eigenvalue weighted by Crippen LogP contribution is 2.14. The summed E-state index contributed by atoms with van der Waals surface area (Å²) in [6.45, 7) is 1.59. The van der Waals surface area contributed by atoms with Crippen LogP contribution in [0.25, 0.3) is 0 Å². The lowest BCUT2D eigenvalue weighted by atomic mass is 10.0. The van der Waals surface area contributed by atoms with Crippen molar-refractivity contribution >= 4 is 35.1 Å². The number of hydrogen-bond acceptors (Lipinski definition) is 15. The number of amides is 2. The number of aromatic amines is 1. The van der Waals surface area contributed by atoms with Gasteiger partial charge in [-0.1, -0.05) is 75.8 Å². The van der Waals surface area contributed by atoms with Crippen molar-refractivity contribution in [2.24, 2.45) is 0 Å². The van der Waals surface area contributed by atoms with Gasteiger partial charge >= 0.3 is 5.97 Å². The number of aryl methyl sites for hydroxylation is 1. The van der Waals surface area contributed by atoms with E-state index in [0.29, 0.717) is 64.9 Å². The first-order valence-electron chi connectivity index (χ1n) is 23.3. The van der Waals surface area contributed by atoms with Gasteiger partial charge in [0.15, 0.2) is 17.4 Å². The summed E-state index contributed by atoms with van der Waals surface area (Å²) >= 11 is 0. The maximum Gasteiger partial charge on any atom is 0.326 e. The Labute approximate surface area is 375 Å². The predicted octanol–water partition coefficient (Wildman–Crippen LogP) is 4.00. The van der Waals surface area contributed by atoms with E-state index >= 15 is 0 Å². The maximum atomic E-state index is 12.4. The Morgan fingerprint density at radius 1 is 0.603 bits per heavy atom. The largest absolute Gasteiger partial charge is 0.480 e. The lowest BCUT2D eigenvalue weighted by Crippen LogP contribution is -2.41. The second kappa shape index (κ2) is 41.0. The van der Waals surface area contributed by atoms with E-state index in [-0.39, 0.29) is 95.4 Å². The van der Waals surface area contributed by atoms with Crippen LogP contribution in [-0.2, 0) is 54.1 Å². The number of ketones is 3. The third-order valence-electron chi connectivity index (χ3n) is 10.4. The van der Waals surface area contributed by atoms with Crippen LogP contribution in [0.2, 0.25) is 0 Å². The Balaban J connectivity index is 0.0000397. The number of unbranched alkanes of at least 4 members (excludes halogenated alkanes) is 13. The minimum Gasteiger partial charge on any atom is -0.480 e. The zero-order chi connectivity index (χ0) is 46.0. The van der Waals surface area contributed by atoms with E-state index in [0.717, 1.165) is 44.3 Å². The summed E-state index contributed by atoms with van der Waals surface area (Å²) in [6.07, 6.45) is 19.7. The molecule has 1 aromatic heterocycles. The standard InChI is InChI=1S/C44H79N7O12.H2/c1-45-38(40(55)33-52)21-15-16-26-46-43(57)35-63-32-30-61-28-18-20-37(54)34-62-31-29-60-27-17-19-36(53)24-25-39(44(58)59)47-42(56)23-14-12-10-8-6-4-2-3-5-7-9-11-13-22-41-48-50-51-49-41;/h38-39,45,52H,2-35H2,1H3,(H,46,57)(H,47,56)(H,58,59)(H,48,49,50,51);1H/t38-,39-;/m0./s1. The summed E-state index contributed by atoms with van der Waals surface area (Å²) in [5.41, 5.74) is 0. The molecule has 0 saturated carbocycles. The molecule has 1 rings (SSSR count). The summed E-state index contributed by atoms with van der Waals surface area (Å²) in [6, 6.07) is -1.47. The quantitative estimate of drug-likeness (QED) is 0.0505. The van der Waals surface area contributed by atoms with Gasteiger partial charge in [-0.25, -0.2) is 4.79 Å². The fourth-order valence-electron chi connectivity index (χ4n) is 6.69. The van der Waals surface area contributed by atoms with E-state index in [2.05, 4.69) is 36.6 Å². The van der Waals surface area contributed by atoms with Crippen LogP contribution in [0.15, 0.2) is 0 Å². The van der Waals surface area contributed by atoms with Gasteiger partial charge in [0.25, 0.3) is 0 Å². The number of aromatic nitrogens is 4. The Bertz CT molecular complexity index is 1350. The van der Waals surface area contributed by atoms with Crippen molar-refractivity contribution < 1.29 is 59.4 Å². The average Bonchev–Trinajstić information content (AvgIpc) is 3.80. The van der Waals surface area contributed by atoms with Crippen molar-refractivity contribution in [3.8, 4) is 0 Å². The SMILES string of the molecule is CN[C@@H](CCCCNC(=O)COCCOCCCC(=O)COCCOCCCC(=O)CC[C@H](NC(=O)CCCCCCCCCCCCCCCc1nn[nH]n1)C(=O)O)C(=O)CO.[HH]. The zero-order valence-electron chi connectivity index (χ0n) is 38.0. The molecule has 0 bridgehead atoms. The Kier molecular flexibility index (Phi) is 37.3. The van der Waals surface area contributed by atoms with E-state index in [4.69, 9.17) is 24.1 Å². The van der Waals surface area contributed by atoms with Gasteiger partial charge in [-0.15, -0.1) is 10.2 Å². The molecule has 0 fully saturated rings. The first-order valence-corrected chi connectivity index (χ1v) is 23.3. The molecule has 19 heteroatoms. The Hall–Kier alpha value is -3.75. The van der Waals surface area contributed by atoms with Gasteiger partial charge in [0, 0.05) is 53.3 Å². The van der Waals surface area contributed by atoms with Crippen LogP contribution in [0.4, 0.5) is 0 Å². The number of Topliss-reactive ketones (excluding diaryl/α,β-unsaturated/α-hetero) is 3. The van der Waals surface area contributed by atoms with Gasteiger partial charge in [-0.2, -0.15) is 5.21 Å². The first kappa shape index (κ1) is 57.3. The number of ether oxygens (including phenoxy) is 4. The minimum absolute atomic E-state index is 0. The third-order valence-corrected chi connectivity index (χ3v) is 10.4.